The summed E-state index contributed by atoms with van der Waals surface area (Å²) in [6, 6.07) is 7.82. The molecule has 0 bridgehead atoms. The first-order valence-corrected chi connectivity index (χ1v) is 13.3. The summed E-state index contributed by atoms with van der Waals surface area (Å²) in [7, 11) is -4.36. The largest absolute Gasteiger partial charge is 0.424 e. The molecule has 0 saturated carbocycles. The molecule has 0 fully saturated rings. The third-order valence-corrected chi connectivity index (χ3v) is 8.54. The molecule has 3 atom stereocenters. The van der Waals surface area contributed by atoms with Gasteiger partial charge in [-0.3, -0.25) is 8.99 Å². The van der Waals surface area contributed by atoms with Crippen LogP contribution in [0.25, 0.3) is 0 Å². The molecule has 8 nitrogen and oxygen atoms in total. The van der Waals surface area contributed by atoms with E-state index in [9.17, 15) is 40.6 Å². The van der Waals surface area contributed by atoms with Crippen molar-refractivity contribution in [2.75, 3.05) is 17.6 Å². The van der Waals surface area contributed by atoms with Crippen LogP contribution < -0.4 is 4.31 Å². The van der Waals surface area contributed by atoms with Gasteiger partial charge in [0.15, 0.2) is 0 Å². The number of nitrogens with zero attached hydrogens (tertiary/aromatic N) is 3. The van der Waals surface area contributed by atoms with E-state index in [-0.39, 0.29) is 42.0 Å². The quantitative estimate of drug-likeness (QED) is 0.338. The molecular formula is C25H26F5N3O5S. The minimum Gasteiger partial charge on any atom is -0.394 e. The number of alkyl halides is 4. The molecule has 0 radical (unpaired) electrons. The molecule has 14 heteroatoms. The van der Waals surface area contributed by atoms with E-state index in [1.54, 1.807) is 12.3 Å². The normalized spacial score (nSPS) is 18.5. The van der Waals surface area contributed by atoms with E-state index in [0.29, 0.717) is 5.69 Å². The maximum atomic E-state index is 13.8. The molecule has 0 aliphatic carbocycles. The van der Waals surface area contributed by atoms with Gasteiger partial charge in [-0.1, -0.05) is 12.1 Å². The third kappa shape index (κ3) is 5.64. The Morgan fingerprint density at radius 3 is 2.41 bits per heavy atom. The number of aryl methyl sites for hydroxylation is 1. The highest BCUT2D eigenvalue weighted by atomic mass is 32.2. The lowest BCUT2D eigenvalue weighted by Crippen LogP contribution is -2.46. The molecule has 1 aromatic heterocycles. The summed E-state index contributed by atoms with van der Waals surface area (Å²) in [6.45, 7) is -2.60. The van der Waals surface area contributed by atoms with Crippen LogP contribution in [-0.4, -0.2) is 65.1 Å². The number of fused-ring (bicyclic) bond motifs is 1. The van der Waals surface area contributed by atoms with E-state index in [1.165, 1.54) is 4.68 Å². The topological polar surface area (TPSA) is 116 Å². The van der Waals surface area contributed by atoms with E-state index in [2.05, 4.69) is 5.10 Å². The van der Waals surface area contributed by atoms with Gasteiger partial charge in [-0.15, -0.1) is 0 Å². The summed E-state index contributed by atoms with van der Waals surface area (Å²) >= 11 is 0. The van der Waals surface area contributed by atoms with Crippen molar-refractivity contribution in [2.45, 2.75) is 54.6 Å². The fourth-order valence-corrected chi connectivity index (χ4v) is 6.29. The third-order valence-electron chi connectivity index (χ3n) is 6.66. The van der Waals surface area contributed by atoms with Gasteiger partial charge in [0.05, 0.1) is 41.6 Å². The smallest absolute Gasteiger partial charge is 0.394 e. The second-order valence-electron chi connectivity index (χ2n) is 9.35. The second-order valence-corrected chi connectivity index (χ2v) is 11.2. The number of rotatable bonds is 9. The number of anilines is 1. The number of aliphatic hydroxyl groups is 3. The van der Waals surface area contributed by atoms with Crippen LogP contribution in [0.5, 0.6) is 0 Å². The molecule has 0 amide bonds. The van der Waals surface area contributed by atoms with Crippen molar-refractivity contribution in [1.29, 1.82) is 0 Å². The minimum atomic E-state index is -5.31. The van der Waals surface area contributed by atoms with E-state index in [0.717, 1.165) is 46.8 Å². The van der Waals surface area contributed by atoms with E-state index in [1.807, 2.05) is 0 Å². The molecule has 39 heavy (non-hydrogen) atoms. The molecule has 2 unspecified atom stereocenters. The Kier molecular flexibility index (Phi) is 8.03. The molecule has 2 aromatic carbocycles. The van der Waals surface area contributed by atoms with Crippen LogP contribution >= 0.6 is 0 Å². The first kappa shape index (κ1) is 28.9. The second kappa shape index (κ2) is 10.8. The Balaban J connectivity index is 1.76. The van der Waals surface area contributed by atoms with Gasteiger partial charge in [0.2, 0.25) is 5.60 Å². The van der Waals surface area contributed by atoms with Gasteiger partial charge in [0, 0.05) is 12.6 Å². The Morgan fingerprint density at radius 2 is 1.79 bits per heavy atom. The van der Waals surface area contributed by atoms with Gasteiger partial charge >= 0.3 is 6.18 Å². The lowest BCUT2D eigenvalue weighted by atomic mass is 9.88. The summed E-state index contributed by atoms with van der Waals surface area (Å²) in [5, 5.41) is 33.1. The first-order valence-electron chi connectivity index (χ1n) is 11.9. The molecule has 1 aliphatic heterocycles. The van der Waals surface area contributed by atoms with Crippen molar-refractivity contribution < 1.29 is 45.7 Å². The van der Waals surface area contributed by atoms with Crippen molar-refractivity contribution in [3.8, 4) is 0 Å². The predicted molar refractivity (Wildman–Crippen MR) is 130 cm³/mol. The molecule has 0 spiro atoms. The fraction of sp³-hybridized carbons (Fsp3) is 0.400. The van der Waals surface area contributed by atoms with Crippen LogP contribution in [0.1, 0.15) is 23.2 Å². The molecule has 3 N–H and O–H groups in total. The van der Waals surface area contributed by atoms with Crippen LogP contribution in [0.15, 0.2) is 59.6 Å². The number of aromatic nitrogens is 2. The van der Waals surface area contributed by atoms with Gasteiger partial charge < -0.3 is 15.3 Å². The van der Waals surface area contributed by atoms with Crippen LogP contribution in [0.4, 0.5) is 27.6 Å². The van der Waals surface area contributed by atoms with Gasteiger partial charge in [0.1, 0.15) is 12.5 Å². The van der Waals surface area contributed by atoms with Gasteiger partial charge in [-0.2, -0.15) is 18.3 Å². The zero-order valence-corrected chi connectivity index (χ0v) is 21.2. The van der Waals surface area contributed by atoms with Crippen LogP contribution in [0.2, 0.25) is 0 Å². The lowest BCUT2D eigenvalue weighted by Gasteiger charge is -2.38. The van der Waals surface area contributed by atoms with Crippen molar-refractivity contribution in [1.82, 2.24) is 9.78 Å². The molecule has 1 aliphatic rings. The average Bonchev–Trinajstić information content (AvgIpc) is 3.33. The van der Waals surface area contributed by atoms with Crippen LogP contribution in [0.3, 0.4) is 0 Å². The maximum Gasteiger partial charge on any atom is 0.424 e. The standard InChI is InChI=1S/C25H26F5N3O5S/c26-15-24(36,25(28,29)30)17-2-8-23-16(11-17)1-5-20(12-19-9-10-32(31-19)13-21(35)14-34)33(23)39(37,38)22-6-3-18(27)4-7-22/h2-4,6-11,20-21,34-36H,1,5,12-15H2/t20-,21?,24?/m0/s1. The number of halogens is 5. The summed E-state index contributed by atoms with van der Waals surface area (Å²) in [4.78, 5) is -0.252. The lowest BCUT2D eigenvalue weighted by molar-refractivity contribution is -0.271. The average molecular weight is 576 g/mol. The van der Waals surface area contributed by atoms with Crippen molar-refractivity contribution >= 4 is 15.7 Å². The summed E-state index contributed by atoms with van der Waals surface area (Å²) < 4.78 is 97.4. The first-order chi connectivity index (χ1) is 18.3. The van der Waals surface area contributed by atoms with Gasteiger partial charge in [-0.25, -0.2) is 17.2 Å². The Hall–Kier alpha value is -3.07. The van der Waals surface area contributed by atoms with E-state index in [4.69, 9.17) is 5.11 Å². The molecule has 4 rings (SSSR count). The van der Waals surface area contributed by atoms with Crippen molar-refractivity contribution in [3.63, 3.8) is 0 Å². The molecule has 0 saturated heterocycles. The molecular weight excluding hydrogens is 549 g/mol. The maximum absolute atomic E-state index is 13.8. The monoisotopic (exact) mass is 575 g/mol. The number of benzene rings is 2. The number of hydrogen-bond donors (Lipinski definition) is 3. The van der Waals surface area contributed by atoms with Crippen molar-refractivity contribution in [2.24, 2.45) is 0 Å². The Morgan fingerprint density at radius 1 is 1.10 bits per heavy atom. The SMILES string of the molecule is O=S(=O)(c1ccc(F)cc1)N1c2ccc(C(O)(CF)C(F)(F)F)cc2CC[C@H]1Cc1ccn(CC(O)CO)n1. The zero-order chi connectivity index (χ0) is 28.6. The van der Waals surface area contributed by atoms with Gasteiger partial charge in [-0.05, 0) is 60.4 Å². The van der Waals surface area contributed by atoms with Crippen molar-refractivity contribution in [3.05, 3.63) is 77.4 Å². The molecule has 2 heterocycles. The summed E-state index contributed by atoms with van der Waals surface area (Å²) in [6.07, 6.45) is -4.47. The fourth-order valence-electron chi connectivity index (χ4n) is 4.57. The summed E-state index contributed by atoms with van der Waals surface area (Å²) in [5.74, 6) is -0.664. The Labute approximate surface area is 221 Å². The molecule has 3 aromatic rings. The number of hydrogen-bond acceptors (Lipinski definition) is 6. The number of sulfonamides is 1. The van der Waals surface area contributed by atoms with E-state index >= 15 is 0 Å². The zero-order valence-electron chi connectivity index (χ0n) is 20.4. The van der Waals surface area contributed by atoms with Crippen LogP contribution in [-0.2, 0) is 35.0 Å². The minimum absolute atomic E-state index is 0.00105. The number of aliphatic hydroxyl groups excluding tert-OH is 2. The predicted octanol–water partition coefficient (Wildman–Crippen LogP) is 2.85. The highest BCUT2D eigenvalue weighted by Crippen LogP contribution is 2.43. The van der Waals surface area contributed by atoms with Crippen LogP contribution in [0, 0.1) is 5.82 Å². The highest BCUT2D eigenvalue weighted by Gasteiger charge is 2.55. The molecule has 212 valence electrons. The Bertz CT molecular complexity index is 1410. The van der Waals surface area contributed by atoms with Gasteiger partial charge in [0.25, 0.3) is 10.0 Å². The summed E-state index contributed by atoms with van der Waals surface area (Å²) in [5.41, 5.74) is -3.87. The highest BCUT2D eigenvalue weighted by molar-refractivity contribution is 7.92. The van der Waals surface area contributed by atoms with E-state index < -0.39 is 58.6 Å².